The Morgan fingerprint density at radius 2 is 1.58 bits per heavy atom. The number of esters is 1. The van der Waals surface area contributed by atoms with Crippen molar-refractivity contribution in [2.75, 3.05) is 6.54 Å². The molecule has 6 nitrogen and oxygen atoms in total. The van der Waals surface area contributed by atoms with E-state index in [1.807, 2.05) is 6.92 Å². The van der Waals surface area contributed by atoms with Crippen molar-refractivity contribution in [2.45, 2.75) is 145 Å². The summed E-state index contributed by atoms with van der Waals surface area (Å²) in [6.45, 7) is 20.5. The van der Waals surface area contributed by atoms with Crippen molar-refractivity contribution in [2.24, 2.45) is 50.2 Å². The molecule has 0 N–H and O–H groups in total. The maximum atomic E-state index is 14.7. The van der Waals surface area contributed by atoms with Gasteiger partial charge in [0.25, 0.3) is 5.91 Å². The van der Waals surface area contributed by atoms with Crippen molar-refractivity contribution >= 4 is 17.7 Å². The summed E-state index contributed by atoms with van der Waals surface area (Å²) in [5.74, 6) is 0.711. The first-order chi connectivity index (χ1) is 19.9. The van der Waals surface area contributed by atoms with Crippen LogP contribution < -0.4 is 0 Å². The first-order valence-electron chi connectivity index (χ1n) is 17.4. The zero-order valence-corrected chi connectivity index (χ0v) is 28.4. The highest BCUT2D eigenvalue weighted by molar-refractivity contribution is 5.95. The summed E-state index contributed by atoms with van der Waals surface area (Å²) in [5, 5.41) is 1.65. The van der Waals surface area contributed by atoms with Gasteiger partial charge in [0.1, 0.15) is 6.10 Å². The van der Waals surface area contributed by atoms with E-state index in [4.69, 9.17) is 9.57 Å². The standard InChI is InChI=1S/C37H57NO5/c1-10-38(43-24-11-12-24)31(41)34(6)18-17-33(5)19-20-36(8)25(26(33)22-34)21-27(40)30-35(7)15-14-29(42-23(2)39)32(3,4)28(35)13-16-37(30,36)9/h21,24,26,28-30H,10-20,22H2,1-9H3/t26-,28?,29-,30+,33+,34-,35-,36+,37+/m0/s1. The topological polar surface area (TPSA) is 72.9 Å². The van der Waals surface area contributed by atoms with Gasteiger partial charge < -0.3 is 4.74 Å². The summed E-state index contributed by atoms with van der Waals surface area (Å²) in [5.41, 5.74) is 0.394. The summed E-state index contributed by atoms with van der Waals surface area (Å²) in [7, 11) is 0. The number of nitrogens with zero attached hydrogens (tertiary/aromatic N) is 1. The van der Waals surface area contributed by atoms with Gasteiger partial charge >= 0.3 is 5.97 Å². The lowest BCUT2D eigenvalue weighted by atomic mass is 9.33. The predicted octanol–water partition coefficient (Wildman–Crippen LogP) is 7.84. The van der Waals surface area contributed by atoms with Crippen molar-refractivity contribution in [3.8, 4) is 0 Å². The molecule has 1 amide bonds. The first-order valence-corrected chi connectivity index (χ1v) is 17.4. The van der Waals surface area contributed by atoms with Crippen molar-refractivity contribution in [1.29, 1.82) is 0 Å². The minimum absolute atomic E-state index is 0.0476. The highest BCUT2D eigenvalue weighted by atomic mass is 16.7. The lowest BCUT2D eigenvalue weighted by Crippen LogP contribution is -2.66. The third-order valence-electron chi connectivity index (χ3n) is 14.7. The largest absolute Gasteiger partial charge is 0.462 e. The minimum atomic E-state index is -0.488. The van der Waals surface area contributed by atoms with E-state index in [1.165, 1.54) is 12.5 Å². The molecule has 43 heavy (non-hydrogen) atoms. The molecule has 1 unspecified atom stereocenters. The average Bonchev–Trinajstić information content (AvgIpc) is 3.75. The van der Waals surface area contributed by atoms with E-state index in [1.54, 1.807) is 5.06 Å². The van der Waals surface area contributed by atoms with Crippen LogP contribution in [-0.2, 0) is 24.0 Å². The van der Waals surface area contributed by atoms with Crippen LogP contribution in [-0.4, -0.2) is 41.5 Å². The van der Waals surface area contributed by atoms with Gasteiger partial charge in [0.2, 0.25) is 0 Å². The molecular formula is C37H57NO5. The molecule has 0 saturated heterocycles. The second-order valence-electron chi connectivity index (χ2n) is 17.5. The van der Waals surface area contributed by atoms with Gasteiger partial charge in [-0.2, -0.15) is 0 Å². The second-order valence-corrected chi connectivity index (χ2v) is 17.5. The number of hydrogen-bond acceptors (Lipinski definition) is 5. The van der Waals surface area contributed by atoms with Crippen LogP contribution in [0.5, 0.6) is 0 Å². The molecule has 5 saturated carbocycles. The van der Waals surface area contributed by atoms with Crippen LogP contribution in [0.15, 0.2) is 11.6 Å². The number of carbonyl (C=O) groups excluding carboxylic acids is 3. The van der Waals surface area contributed by atoms with Crippen LogP contribution in [0.4, 0.5) is 0 Å². The van der Waals surface area contributed by atoms with Gasteiger partial charge in [-0.3, -0.25) is 19.2 Å². The Kier molecular flexibility index (Phi) is 7.21. The van der Waals surface area contributed by atoms with E-state index in [2.05, 4.69) is 54.5 Å². The quantitative estimate of drug-likeness (QED) is 0.239. The maximum absolute atomic E-state index is 14.7. The molecule has 0 aromatic carbocycles. The minimum Gasteiger partial charge on any atom is -0.462 e. The van der Waals surface area contributed by atoms with Gasteiger partial charge in [0.15, 0.2) is 5.78 Å². The molecule has 0 spiro atoms. The van der Waals surface area contributed by atoms with Gasteiger partial charge in [-0.15, -0.1) is 0 Å². The van der Waals surface area contributed by atoms with E-state index in [0.717, 1.165) is 70.6 Å². The van der Waals surface area contributed by atoms with Gasteiger partial charge in [0.05, 0.1) is 6.10 Å². The first kappa shape index (κ1) is 31.3. The van der Waals surface area contributed by atoms with Gasteiger partial charge in [0, 0.05) is 30.2 Å². The number of fused-ring (bicyclic) bond motifs is 7. The number of amides is 1. The molecule has 5 fully saturated rings. The Morgan fingerprint density at radius 1 is 0.907 bits per heavy atom. The third-order valence-corrected chi connectivity index (χ3v) is 14.7. The number of carbonyl (C=O) groups is 3. The van der Waals surface area contributed by atoms with Crippen molar-refractivity contribution in [1.82, 2.24) is 5.06 Å². The van der Waals surface area contributed by atoms with Crippen LogP contribution in [0.3, 0.4) is 0 Å². The highest BCUT2D eigenvalue weighted by Gasteiger charge is 2.70. The molecule has 6 rings (SSSR count). The summed E-state index contributed by atoms with van der Waals surface area (Å²) in [4.78, 5) is 46.8. The van der Waals surface area contributed by atoms with Crippen LogP contribution >= 0.6 is 0 Å². The van der Waals surface area contributed by atoms with E-state index in [0.29, 0.717) is 18.2 Å². The maximum Gasteiger partial charge on any atom is 0.302 e. The second kappa shape index (κ2) is 9.90. The van der Waals surface area contributed by atoms with Gasteiger partial charge in [-0.25, -0.2) is 5.06 Å². The molecule has 0 aromatic heterocycles. The van der Waals surface area contributed by atoms with Crippen LogP contribution in [0.2, 0.25) is 0 Å². The van der Waals surface area contributed by atoms with E-state index < -0.39 is 5.41 Å². The van der Waals surface area contributed by atoms with Crippen molar-refractivity contribution < 1.29 is 24.0 Å². The fourth-order valence-corrected chi connectivity index (χ4v) is 11.7. The zero-order chi connectivity index (χ0) is 31.4. The average molecular weight is 596 g/mol. The Balaban J connectivity index is 1.35. The zero-order valence-electron chi connectivity index (χ0n) is 28.4. The Labute approximate surface area is 260 Å². The van der Waals surface area contributed by atoms with Gasteiger partial charge in [-0.1, -0.05) is 54.0 Å². The summed E-state index contributed by atoms with van der Waals surface area (Å²) in [6, 6.07) is 0. The monoisotopic (exact) mass is 595 g/mol. The molecule has 6 aliphatic rings. The molecule has 240 valence electrons. The Morgan fingerprint density at radius 3 is 2.21 bits per heavy atom. The molecule has 6 heteroatoms. The van der Waals surface area contributed by atoms with Crippen molar-refractivity contribution in [3.05, 3.63) is 11.6 Å². The molecule has 6 aliphatic carbocycles. The molecule has 0 aliphatic heterocycles. The van der Waals surface area contributed by atoms with E-state index >= 15 is 0 Å². The third kappa shape index (κ3) is 4.45. The summed E-state index contributed by atoms with van der Waals surface area (Å²) < 4.78 is 5.88. The normalized spacial score (nSPS) is 46.8. The van der Waals surface area contributed by atoms with Gasteiger partial charge in [-0.05, 0) is 117 Å². The van der Waals surface area contributed by atoms with Crippen LogP contribution in [0, 0.1) is 50.2 Å². The fourth-order valence-electron chi connectivity index (χ4n) is 11.7. The predicted molar refractivity (Wildman–Crippen MR) is 166 cm³/mol. The number of allylic oxidation sites excluding steroid dienone is 2. The lowest BCUT2D eigenvalue weighted by Gasteiger charge is -2.70. The van der Waals surface area contributed by atoms with E-state index in [-0.39, 0.29) is 63.0 Å². The van der Waals surface area contributed by atoms with Crippen LogP contribution in [0.25, 0.3) is 0 Å². The number of hydroxylamine groups is 2. The number of rotatable bonds is 5. The summed E-state index contributed by atoms with van der Waals surface area (Å²) in [6.07, 6.45) is 13.0. The van der Waals surface area contributed by atoms with E-state index in [9.17, 15) is 14.4 Å². The fraction of sp³-hybridized carbons (Fsp3) is 0.865. The lowest BCUT2D eigenvalue weighted by molar-refractivity contribution is -0.213. The highest BCUT2D eigenvalue weighted by Crippen LogP contribution is 2.75. The van der Waals surface area contributed by atoms with Crippen molar-refractivity contribution in [3.63, 3.8) is 0 Å². The Hall–Kier alpha value is -1.69. The molecule has 9 atom stereocenters. The number of hydrogen-bond donors (Lipinski definition) is 0. The molecule has 0 heterocycles. The number of ketones is 1. The smallest absolute Gasteiger partial charge is 0.302 e. The summed E-state index contributed by atoms with van der Waals surface area (Å²) >= 11 is 0. The molecule has 0 bridgehead atoms. The molecule has 0 aromatic rings. The Bertz CT molecular complexity index is 1240. The molecule has 0 radical (unpaired) electrons. The molecular weight excluding hydrogens is 538 g/mol. The SMILES string of the molecule is CCN(OC1CC1)C(=O)[C@@]1(C)CC[C@]2(C)CC[C@]3(C)C(=CC(=O)[C@@H]4[C@@]5(C)CC[C@H](OC(C)=O)C(C)(C)C5CC[C@]43C)[C@@H]2C1. The van der Waals surface area contributed by atoms with Crippen LogP contribution in [0.1, 0.15) is 133 Å². The number of ether oxygens (including phenoxy) is 1.